The fourth-order valence-corrected chi connectivity index (χ4v) is 1.74. The summed E-state index contributed by atoms with van der Waals surface area (Å²) in [5.74, 6) is 0. The van der Waals surface area contributed by atoms with Gasteiger partial charge in [0.1, 0.15) is 0 Å². The maximum Gasteiger partial charge on any atom is 0.0794 e. The largest absolute Gasteiger partial charge is 0.397 e. The summed E-state index contributed by atoms with van der Waals surface area (Å²) in [6.45, 7) is 8.80. The van der Waals surface area contributed by atoms with Crippen molar-refractivity contribution in [3.05, 3.63) is 48.5 Å². The molecule has 80 valence electrons. The van der Waals surface area contributed by atoms with E-state index in [4.69, 9.17) is 17.3 Å². The van der Waals surface area contributed by atoms with Gasteiger partial charge in [-0.15, -0.1) is 13.2 Å². The smallest absolute Gasteiger partial charge is 0.0794 e. The average molecular weight is 223 g/mol. The summed E-state index contributed by atoms with van der Waals surface area (Å²) in [5, 5.41) is 0.652. The summed E-state index contributed by atoms with van der Waals surface area (Å²) >= 11 is 6.11. The molecule has 1 rings (SSSR count). The van der Waals surface area contributed by atoms with E-state index in [-0.39, 0.29) is 0 Å². The van der Waals surface area contributed by atoms with Crippen molar-refractivity contribution in [2.75, 3.05) is 23.7 Å². The highest BCUT2D eigenvalue weighted by Crippen LogP contribution is 2.31. The fraction of sp³-hybridized carbons (Fsp3) is 0.167. The number of nitrogens with zero attached hydrogens (tertiary/aromatic N) is 1. The van der Waals surface area contributed by atoms with E-state index in [1.807, 2.05) is 35.3 Å². The van der Waals surface area contributed by atoms with Gasteiger partial charge in [0.2, 0.25) is 0 Å². The molecule has 0 saturated carbocycles. The van der Waals surface area contributed by atoms with E-state index < -0.39 is 0 Å². The van der Waals surface area contributed by atoms with Gasteiger partial charge in [-0.1, -0.05) is 29.8 Å². The van der Waals surface area contributed by atoms with E-state index in [9.17, 15) is 0 Å². The topological polar surface area (TPSA) is 29.3 Å². The van der Waals surface area contributed by atoms with Crippen LogP contribution in [-0.4, -0.2) is 13.1 Å². The van der Waals surface area contributed by atoms with E-state index in [0.29, 0.717) is 23.8 Å². The Bertz CT molecular complexity index is 330. The van der Waals surface area contributed by atoms with Crippen LogP contribution in [0.15, 0.2) is 43.5 Å². The van der Waals surface area contributed by atoms with Crippen molar-refractivity contribution in [3.63, 3.8) is 0 Å². The molecule has 2 N–H and O–H groups in total. The van der Waals surface area contributed by atoms with E-state index in [1.54, 1.807) is 0 Å². The maximum absolute atomic E-state index is 6.11. The van der Waals surface area contributed by atoms with Crippen molar-refractivity contribution in [1.82, 2.24) is 0 Å². The molecule has 0 fully saturated rings. The monoisotopic (exact) mass is 222 g/mol. The van der Waals surface area contributed by atoms with Crippen molar-refractivity contribution in [1.29, 1.82) is 0 Å². The quantitative estimate of drug-likeness (QED) is 0.613. The molecule has 0 bridgehead atoms. The Hall–Kier alpha value is -1.41. The molecular weight excluding hydrogens is 208 g/mol. The van der Waals surface area contributed by atoms with Crippen molar-refractivity contribution in [3.8, 4) is 0 Å². The van der Waals surface area contributed by atoms with Crippen LogP contribution < -0.4 is 10.6 Å². The molecule has 0 atom stereocenters. The van der Waals surface area contributed by atoms with E-state index in [2.05, 4.69) is 13.2 Å². The number of benzene rings is 1. The first-order chi connectivity index (χ1) is 7.20. The first-order valence-corrected chi connectivity index (χ1v) is 5.09. The van der Waals surface area contributed by atoms with Gasteiger partial charge in [0, 0.05) is 13.1 Å². The molecule has 0 radical (unpaired) electrons. The zero-order valence-electron chi connectivity index (χ0n) is 8.62. The summed E-state index contributed by atoms with van der Waals surface area (Å²) in [7, 11) is 0. The van der Waals surface area contributed by atoms with Crippen LogP contribution >= 0.6 is 11.6 Å². The highest BCUT2D eigenvalue weighted by Gasteiger charge is 2.10. The molecular formula is C12H15ClN2. The summed E-state index contributed by atoms with van der Waals surface area (Å²) in [4.78, 5) is 2.03. The van der Waals surface area contributed by atoms with Crippen molar-refractivity contribution in [2.24, 2.45) is 0 Å². The summed E-state index contributed by atoms with van der Waals surface area (Å²) < 4.78 is 0. The van der Waals surface area contributed by atoms with Gasteiger partial charge in [0.15, 0.2) is 0 Å². The second-order valence-corrected chi connectivity index (χ2v) is 3.57. The fourth-order valence-electron chi connectivity index (χ4n) is 1.43. The van der Waals surface area contributed by atoms with Gasteiger partial charge >= 0.3 is 0 Å². The van der Waals surface area contributed by atoms with Gasteiger partial charge in [-0.3, -0.25) is 0 Å². The second-order valence-electron chi connectivity index (χ2n) is 3.16. The Labute approximate surface area is 95.6 Å². The number of halogens is 1. The number of para-hydroxylation sites is 1. The van der Waals surface area contributed by atoms with E-state index >= 15 is 0 Å². The molecule has 0 heterocycles. The third kappa shape index (κ3) is 2.77. The van der Waals surface area contributed by atoms with Crippen LogP contribution in [0.4, 0.5) is 11.4 Å². The third-order valence-electron chi connectivity index (χ3n) is 2.03. The molecule has 0 aliphatic rings. The van der Waals surface area contributed by atoms with Crippen molar-refractivity contribution < 1.29 is 0 Å². The molecule has 0 unspecified atom stereocenters. The SMILES string of the molecule is C=CCN(CC=C)c1c(N)cccc1Cl. The van der Waals surface area contributed by atoms with E-state index in [1.165, 1.54) is 0 Å². The molecule has 0 aliphatic heterocycles. The third-order valence-corrected chi connectivity index (χ3v) is 2.34. The number of anilines is 2. The first-order valence-electron chi connectivity index (χ1n) is 4.71. The van der Waals surface area contributed by atoms with E-state index in [0.717, 1.165) is 5.69 Å². The number of nitrogen functional groups attached to an aromatic ring is 1. The highest BCUT2D eigenvalue weighted by molar-refractivity contribution is 6.34. The highest BCUT2D eigenvalue weighted by atomic mass is 35.5. The maximum atomic E-state index is 6.11. The van der Waals surface area contributed by atoms with Crippen molar-refractivity contribution in [2.45, 2.75) is 0 Å². The lowest BCUT2D eigenvalue weighted by molar-refractivity contribution is 0.959. The van der Waals surface area contributed by atoms with Crippen molar-refractivity contribution >= 4 is 23.0 Å². The minimum Gasteiger partial charge on any atom is -0.397 e. The average Bonchev–Trinajstić information content (AvgIpc) is 2.18. The zero-order valence-corrected chi connectivity index (χ0v) is 9.37. The van der Waals surface area contributed by atoms with Crippen LogP contribution in [0, 0.1) is 0 Å². The number of hydrogen-bond donors (Lipinski definition) is 1. The Balaban J connectivity index is 3.08. The lowest BCUT2D eigenvalue weighted by Gasteiger charge is -2.24. The second kappa shape index (κ2) is 5.47. The standard InChI is InChI=1S/C12H15ClN2/c1-3-8-15(9-4-2)12-10(13)6-5-7-11(12)14/h3-7H,1-2,8-9,14H2. The van der Waals surface area contributed by atoms with Crippen LogP contribution in [0.1, 0.15) is 0 Å². The molecule has 1 aromatic rings. The summed E-state index contributed by atoms with van der Waals surface area (Å²) in [6, 6.07) is 5.49. The molecule has 0 aromatic heterocycles. The van der Waals surface area contributed by atoms with Gasteiger partial charge in [0.25, 0.3) is 0 Å². The molecule has 15 heavy (non-hydrogen) atoms. The molecule has 0 aliphatic carbocycles. The summed E-state index contributed by atoms with van der Waals surface area (Å²) in [6.07, 6.45) is 3.62. The summed E-state index contributed by atoms with van der Waals surface area (Å²) in [5.41, 5.74) is 7.41. The number of rotatable bonds is 5. The Morgan fingerprint density at radius 1 is 1.27 bits per heavy atom. The molecule has 1 aromatic carbocycles. The Kier molecular flexibility index (Phi) is 4.25. The molecule has 0 spiro atoms. The Morgan fingerprint density at radius 3 is 2.33 bits per heavy atom. The number of nitrogens with two attached hydrogens (primary N) is 1. The molecule has 2 nitrogen and oxygen atoms in total. The molecule has 0 saturated heterocycles. The van der Waals surface area contributed by atoms with Crippen LogP contribution in [-0.2, 0) is 0 Å². The van der Waals surface area contributed by atoms with Crippen LogP contribution in [0.25, 0.3) is 0 Å². The zero-order chi connectivity index (χ0) is 11.3. The Morgan fingerprint density at radius 2 is 1.87 bits per heavy atom. The lowest BCUT2D eigenvalue weighted by atomic mass is 10.2. The number of hydrogen-bond acceptors (Lipinski definition) is 2. The molecule has 0 amide bonds. The van der Waals surface area contributed by atoms with Crippen LogP contribution in [0.3, 0.4) is 0 Å². The minimum atomic E-state index is 0.652. The minimum absolute atomic E-state index is 0.652. The van der Waals surface area contributed by atoms with Gasteiger partial charge in [0.05, 0.1) is 16.4 Å². The molecule has 3 heteroatoms. The predicted octanol–water partition coefficient (Wildman–Crippen LogP) is 3.10. The normalized spacial score (nSPS) is 9.67. The van der Waals surface area contributed by atoms with Gasteiger partial charge in [-0.2, -0.15) is 0 Å². The first kappa shape index (κ1) is 11.7. The lowest BCUT2D eigenvalue weighted by Crippen LogP contribution is -2.24. The van der Waals surface area contributed by atoms with Crippen LogP contribution in [0.2, 0.25) is 5.02 Å². The van der Waals surface area contributed by atoms with Crippen LogP contribution in [0.5, 0.6) is 0 Å². The van der Waals surface area contributed by atoms with Gasteiger partial charge in [-0.25, -0.2) is 0 Å². The predicted molar refractivity (Wildman–Crippen MR) is 68.5 cm³/mol. The van der Waals surface area contributed by atoms with Gasteiger partial charge < -0.3 is 10.6 Å². The van der Waals surface area contributed by atoms with Gasteiger partial charge in [-0.05, 0) is 12.1 Å².